The molecule has 114 valence electrons. The maximum Gasteiger partial charge on any atom is 0.243 e. The molecule has 0 aromatic carbocycles. The Morgan fingerprint density at radius 3 is 2.80 bits per heavy atom. The average Bonchev–Trinajstić information content (AvgIpc) is 2.88. The van der Waals surface area contributed by atoms with Crippen LogP contribution in [0.25, 0.3) is 0 Å². The monoisotopic (exact) mass is 301 g/mol. The van der Waals surface area contributed by atoms with E-state index in [1.807, 2.05) is 7.05 Å². The standard InChI is InChI=1S/C12H23N5O2S/c1-16-7-3-11(4-8-16)15-20(18,19)12-9-14-17(10-12)6-2-5-13/h9-11,15H,2-8,13H2,1H3. The van der Waals surface area contributed by atoms with Gasteiger partial charge in [0.2, 0.25) is 10.0 Å². The smallest absolute Gasteiger partial charge is 0.243 e. The lowest BCUT2D eigenvalue weighted by atomic mass is 10.1. The Morgan fingerprint density at radius 1 is 1.45 bits per heavy atom. The second-order valence-corrected chi connectivity index (χ2v) is 6.99. The highest BCUT2D eigenvalue weighted by Gasteiger charge is 2.24. The number of nitrogens with zero attached hydrogens (tertiary/aromatic N) is 3. The molecule has 1 aliphatic rings. The van der Waals surface area contributed by atoms with E-state index in [1.165, 1.54) is 6.20 Å². The Hall–Kier alpha value is -0.960. The highest BCUT2D eigenvalue weighted by molar-refractivity contribution is 7.89. The first kappa shape index (κ1) is 15.4. The summed E-state index contributed by atoms with van der Waals surface area (Å²) in [7, 11) is -1.42. The molecule has 0 spiro atoms. The van der Waals surface area contributed by atoms with Crippen molar-refractivity contribution in [3.63, 3.8) is 0 Å². The summed E-state index contributed by atoms with van der Waals surface area (Å²) in [6.45, 7) is 3.04. The van der Waals surface area contributed by atoms with Gasteiger partial charge in [-0.25, -0.2) is 13.1 Å². The van der Waals surface area contributed by atoms with Crippen LogP contribution in [0.15, 0.2) is 17.3 Å². The lowest BCUT2D eigenvalue weighted by Gasteiger charge is -2.29. The summed E-state index contributed by atoms with van der Waals surface area (Å²) in [5, 5.41) is 4.06. The molecule has 3 N–H and O–H groups in total. The fourth-order valence-electron chi connectivity index (χ4n) is 2.27. The van der Waals surface area contributed by atoms with Crippen molar-refractivity contribution in [1.82, 2.24) is 19.4 Å². The molecular weight excluding hydrogens is 278 g/mol. The molecule has 0 bridgehead atoms. The largest absolute Gasteiger partial charge is 0.330 e. The van der Waals surface area contributed by atoms with Crippen LogP contribution in [0.1, 0.15) is 19.3 Å². The number of nitrogens with one attached hydrogen (secondary N) is 1. The summed E-state index contributed by atoms with van der Waals surface area (Å²) in [6, 6.07) is 0.0172. The molecule has 0 saturated carbocycles. The molecular formula is C12H23N5O2S. The van der Waals surface area contributed by atoms with Crippen molar-refractivity contribution < 1.29 is 8.42 Å². The summed E-state index contributed by atoms with van der Waals surface area (Å²) < 4.78 is 28.9. The van der Waals surface area contributed by atoms with E-state index in [9.17, 15) is 8.42 Å². The third kappa shape index (κ3) is 4.02. The molecule has 8 heteroatoms. The highest BCUT2D eigenvalue weighted by Crippen LogP contribution is 2.13. The minimum Gasteiger partial charge on any atom is -0.330 e. The van der Waals surface area contributed by atoms with Gasteiger partial charge in [0, 0.05) is 18.8 Å². The van der Waals surface area contributed by atoms with E-state index in [-0.39, 0.29) is 10.9 Å². The third-order valence-corrected chi connectivity index (χ3v) is 5.03. The SMILES string of the molecule is CN1CCC(NS(=O)(=O)c2cnn(CCCN)c2)CC1. The molecule has 1 saturated heterocycles. The van der Waals surface area contributed by atoms with Crippen LogP contribution < -0.4 is 10.5 Å². The van der Waals surface area contributed by atoms with Gasteiger partial charge < -0.3 is 10.6 Å². The van der Waals surface area contributed by atoms with Crippen LogP contribution in [0.5, 0.6) is 0 Å². The summed E-state index contributed by atoms with van der Waals surface area (Å²) >= 11 is 0. The third-order valence-electron chi connectivity index (χ3n) is 3.55. The molecule has 0 radical (unpaired) electrons. The molecule has 0 aliphatic carbocycles. The second-order valence-electron chi connectivity index (χ2n) is 5.28. The van der Waals surface area contributed by atoms with Gasteiger partial charge in [0.1, 0.15) is 4.90 Å². The lowest BCUT2D eigenvalue weighted by Crippen LogP contribution is -2.43. The molecule has 7 nitrogen and oxygen atoms in total. The number of nitrogens with two attached hydrogens (primary N) is 1. The summed E-state index contributed by atoms with van der Waals surface area (Å²) in [5.74, 6) is 0. The van der Waals surface area contributed by atoms with Crippen LogP contribution in [-0.4, -0.2) is 55.8 Å². The van der Waals surface area contributed by atoms with Crippen LogP contribution in [0.2, 0.25) is 0 Å². The zero-order chi connectivity index (χ0) is 14.6. The Bertz CT molecular complexity index is 520. The minimum atomic E-state index is -3.46. The number of sulfonamides is 1. The number of aryl methyl sites for hydroxylation is 1. The first-order chi connectivity index (χ1) is 9.51. The van der Waals surface area contributed by atoms with E-state index in [2.05, 4.69) is 14.7 Å². The van der Waals surface area contributed by atoms with Crippen LogP contribution in [0, 0.1) is 0 Å². The zero-order valence-corrected chi connectivity index (χ0v) is 12.6. The van der Waals surface area contributed by atoms with Gasteiger partial charge in [-0.2, -0.15) is 5.10 Å². The first-order valence-corrected chi connectivity index (χ1v) is 8.43. The van der Waals surface area contributed by atoms with Crippen molar-refractivity contribution in [2.75, 3.05) is 26.7 Å². The van der Waals surface area contributed by atoms with Crippen LogP contribution in [0.4, 0.5) is 0 Å². The van der Waals surface area contributed by atoms with Crippen molar-refractivity contribution in [2.45, 2.75) is 36.7 Å². The van der Waals surface area contributed by atoms with E-state index in [4.69, 9.17) is 5.73 Å². The highest BCUT2D eigenvalue weighted by atomic mass is 32.2. The second kappa shape index (κ2) is 6.66. The molecule has 1 aromatic heterocycles. The van der Waals surface area contributed by atoms with Crippen molar-refractivity contribution in [2.24, 2.45) is 5.73 Å². The first-order valence-electron chi connectivity index (χ1n) is 6.94. The van der Waals surface area contributed by atoms with Crippen molar-refractivity contribution in [1.29, 1.82) is 0 Å². The van der Waals surface area contributed by atoms with E-state index in [0.717, 1.165) is 32.4 Å². The topological polar surface area (TPSA) is 93.2 Å². The van der Waals surface area contributed by atoms with E-state index >= 15 is 0 Å². The summed E-state index contributed by atoms with van der Waals surface area (Å²) in [4.78, 5) is 2.43. The fraction of sp³-hybridized carbons (Fsp3) is 0.750. The molecule has 1 aromatic rings. The molecule has 1 fully saturated rings. The molecule has 0 atom stereocenters. The predicted octanol–water partition coefficient (Wildman–Crippen LogP) is -0.396. The fourth-order valence-corrected chi connectivity index (χ4v) is 3.53. The van der Waals surface area contributed by atoms with E-state index in [0.29, 0.717) is 13.1 Å². The molecule has 2 heterocycles. The molecule has 0 amide bonds. The Morgan fingerprint density at radius 2 is 2.15 bits per heavy atom. The van der Waals surface area contributed by atoms with E-state index < -0.39 is 10.0 Å². The number of piperidine rings is 1. The van der Waals surface area contributed by atoms with Gasteiger partial charge in [-0.05, 0) is 45.9 Å². The summed E-state index contributed by atoms with van der Waals surface area (Å²) in [6.07, 6.45) is 5.43. The summed E-state index contributed by atoms with van der Waals surface area (Å²) in [5.41, 5.74) is 5.43. The van der Waals surface area contributed by atoms with Gasteiger partial charge >= 0.3 is 0 Å². The maximum atomic E-state index is 12.3. The molecule has 20 heavy (non-hydrogen) atoms. The Kier molecular flexibility index (Phi) is 5.14. The Labute approximate surface area is 120 Å². The Balaban J connectivity index is 1.97. The van der Waals surface area contributed by atoms with Gasteiger partial charge in [-0.3, -0.25) is 4.68 Å². The molecule has 2 rings (SSSR count). The lowest BCUT2D eigenvalue weighted by molar-refractivity contribution is 0.248. The average molecular weight is 301 g/mol. The van der Waals surface area contributed by atoms with Gasteiger partial charge in [0.05, 0.1) is 6.20 Å². The quantitative estimate of drug-likeness (QED) is 0.746. The van der Waals surface area contributed by atoms with Crippen molar-refractivity contribution in [3.8, 4) is 0 Å². The van der Waals surface area contributed by atoms with Crippen molar-refractivity contribution >= 4 is 10.0 Å². The number of aromatic nitrogens is 2. The molecule has 0 unspecified atom stereocenters. The molecule has 1 aliphatic heterocycles. The predicted molar refractivity (Wildman–Crippen MR) is 76.7 cm³/mol. The van der Waals surface area contributed by atoms with E-state index in [1.54, 1.807) is 10.9 Å². The normalized spacial score (nSPS) is 18.5. The van der Waals surface area contributed by atoms with Crippen LogP contribution in [-0.2, 0) is 16.6 Å². The van der Waals surface area contributed by atoms with Gasteiger partial charge in [0.25, 0.3) is 0 Å². The maximum absolute atomic E-state index is 12.3. The minimum absolute atomic E-state index is 0.0172. The van der Waals surface area contributed by atoms with Crippen molar-refractivity contribution in [3.05, 3.63) is 12.4 Å². The van der Waals surface area contributed by atoms with Crippen LogP contribution >= 0.6 is 0 Å². The van der Waals surface area contributed by atoms with Crippen LogP contribution in [0.3, 0.4) is 0 Å². The van der Waals surface area contributed by atoms with Gasteiger partial charge in [-0.15, -0.1) is 0 Å². The van der Waals surface area contributed by atoms with Gasteiger partial charge in [-0.1, -0.05) is 0 Å². The number of hydrogen-bond acceptors (Lipinski definition) is 5. The zero-order valence-electron chi connectivity index (χ0n) is 11.8. The number of likely N-dealkylation sites (tertiary alicyclic amines) is 1. The number of hydrogen-bond donors (Lipinski definition) is 2. The number of rotatable bonds is 6. The van der Waals surface area contributed by atoms with Gasteiger partial charge in [0.15, 0.2) is 0 Å².